The van der Waals surface area contributed by atoms with Gasteiger partial charge in [0.2, 0.25) is 0 Å². The van der Waals surface area contributed by atoms with Gasteiger partial charge in [0, 0.05) is 30.2 Å². The number of halogens is 3. The van der Waals surface area contributed by atoms with E-state index >= 15 is 0 Å². The van der Waals surface area contributed by atoms with E-state index in [0.717, 1.165) is 12.1 Å². The van der Waals surface area contributed by atoms with E-state index in [1.807, 2.05) is 0 Å². The number of carbonyl (C=O) groups is 1. The molecule has 2 N–H and O–H groups in total. The number of amides is 1. The van der Waals surface area contributed by atoms with Crippen molar-refractivity contribution < 1.29 is 18.0 Å². The van der Waals surface area contributed by atoms with Crippen molar-refractivity contribution in [2.75, 3.05) is 5.32 Å². The molecule has 0 atom stereocenters. The number of aryl methyl sites for hydroxylation is 2. The minimum Gasteiger partial charge on any atom is -0.325 e. The zero-order valence-electron chi connectivity index (χ0n) is 14.4. The van der Waals surface area contributed by atoms with Crippen LogP contribution < -0.4 is 10.9 Å². The summed E-state index contributed by atoms with van der Waals surface area (Å²) in [7, 11) is 1.71. The summed E-state index contributed by atoms with van der Waals surface area (Å²) in [5.74, 6) is -0.806. The summed E-state index contributed by atoms with van der Waals surface area (Å²) in [4.78, 5) is 27.3. The van der Waals surface area contributed by atoms with Crippen molar-refractivity contribution in [3.63, 3.8) is 0 Å². The van der Waals surface area contributed by atoms with Gasteiger partial charge >= 0.3 is 6.18 Å². The van der Waals surface area contributed by atoms with E-state index in [1.54, 1.807) is 30.9 Å². The molecule has 0 aliphatic heterocycles. The number of hydrogen-bond donors (Lipinski definition) is 2. The summed E-state index contributed by atoms with van der Waals surface area (Å²) in [5, 5.41) is 6.39. The zero-order valence-corrected chi connectivity index (χ0v) is 14.4. The molecular formula is C18H15F3N4O2. The molecule has 0 bridgehead atoms. The Bertz CT molecular complexity index is 1070. The standard InChI is InChI=1S/C18H15F3N4O2/c1-10-13(15-6-7-22-25(15)2)9-14(16(26)23-10)17(27)24-12-5-3-4-11(8-12)18(19,20)21/h3-9H,1-2H3,(H,23,26)(H,24,27). The number of aromatic nitrogens is 3. The molecule has 0 unspecified atom stereocenters. The highest BCUT2D eigenvalue weighted by Gasteiger charge is 2.30. The average Bonchev–Trinajstić information content (AvgIpc) is 3.00. The van der Waals surface area contributed by atoms with E-state index in [1.165, 1.54) is 18.2 Å². The van der Waals surface area contributed by atoms with E-state index in [2.05, 4.69) is 15.4 Å². The fraction of sp³-hybridized carbons (Fsp3) is 0.167. The number of benzene rings is 1. The average molecular weight is 376 g/mol. The van der Waals surface area contributed by atoms with Crippen molar-refractivity contribution in [1.82, 2.24) is 14.8 Å². The van der Waals surface area contributed by atoms with Crippen LogP contribution in [0, 0.1) is 6.92 Å². The second-order valence-corrected chi connectivity index (χ2v) is 5.92. The van der Waals surface area contributed by atoms with Crippen LogP contribution in [0.2, 0.25) is 0 Å². The summed E-state index contributed by atoms with van der Waals surface area (Å²) >= 11 is 0. The van der Waals surface area contributed by atoms with Gasteiger partial charge in [0.25, 0.3) is 11.5 Å². The summed E-state index contributed by atoms with van der Waals surface area (Å²) in [6.45, 7) is 1.68. The molecule has 9 heteroatoms. The highest BCUT2D eigenvalue weighted by molar-refractivity contribution is 6.04. The van der Waals surface area contributed by atoms with Gasteiger partial charge < -0.3 is 10.3 Å². The lowest BCUT2D eigenvalue weighted by Crippen LogP contribution is -2.24. The van der Waals surface area contributed by atoms with Crippen LogP contribution in [0.25, 0.3) is 11.3 Å². The van der Waals surface area contributed by atoms with Gasteiger partial charge in [0.15, 0.2) is 0 Å². The predicted octanol–water partition coefficient (Wildman–Crippen LogP) is 3.35. The Balaban J connectivity index is 1.96. The fourth-order valence-electron chi connectivity index (χ4n) is 2.67. The minimum absolute atomic E-state index is 0.0584. The lowest BCUT2D eigenvalue weighted by molar-refractivity contribution is -0.137. The molecule has 140 valence electrons. The lowest BCUT2D eigenvalue weighted by Gasteiger charge is -2.11. The second kappa shape index (κ2) is 6.75. The quantitative estimate of drug-likeness (QED) is 0.736. The van der Waals surface area contributed by atoms with E-state index in [0.29, 0.717) is 17.0 Å². The first-order chi connectivity index (χ1) is 12.7. The van der Waals surface area contributed by atoms with Crippen LogP contribution >= 0.6 is 0 Å². The van der Waals surface area contributed by atoms with Crippen molar-refractivity contribution in [2.45, 2.75) is 13.1 Å². The Morgan fingerprint density at radius 2 is 1.96 bits per heavy atom. The Morgan fingerprint density at radius 1 is 1.22 bits per heavy atom. The van der Waals surface area contributed by atoms with Crippen molar-refractivity contribution in [3.8, 4) is 11.3 Å². The Labute approximate surface area is 151 Å². The van der Waals surface area contributed by atoms with Crippen LogP contribution in [0.15, 0.2) is 47.4 Å². The maximum Gasteiger partial charge on any atom is 0.416 e. The van der Waals surface area contributed by atoms with E-state index < -0.39 is 23.2 Å². The topological polar surface area (TPSA) is 79.8 Å². The number of H-pyrrole nitrogens is 1. The molecule has 0 spiro atoms. The zero-order chi connectivity index (χ0) is 19.8. The van der Waals surface area contributed by atoms with Crippen LogP contribution in [0.4, 0.5) is 18.9 Å². The fourth-order valence-corrected chi connectivity index (χ4v) is 2.67. The smallest absolute Gasteiger partial charge is 0.325 e. The number of aromatic amines is 1. The number of carbonyl (C=O) groups excluding carboxylic acids is 1. The number of alkyl halides is 3. The first-order valence-corrected chi connectivity index (χ1v) is 7.87. The number of nitrogens with zero attached hydrogens (tertiary/aromatic N) is 2. The number of rotatable bonds is 3. The van der Waals surface area contributed by atoms with Gasteiger partial charge in [-0.1, -0.05) is 6.07 Å². The van der Waals surface area contributed by atoms with Crippen molar-refractivity contribution in [3.05, 3.63) is 69.8 Å². The molecule has 1 amide bonds. The second-order valence-electron chi connectivity index (χ2n) is 5.92. The van der Waals surface area contributed by atoms with Crippen LogP contribution in [0.5, 0.6) is 0 Å². The molecule has 0 aliphatic rings. The summed E-state index contributed by atoms with van der Waals surface area (Å²) in [5.41, 5.74) is 0.00237. The maximum atomic E-state index is 12.8. The van der Waals surface area contributed by atoms with Gasteiger partial charge in [-0.15, -0.1) is 0 Å². The van der Waals surface area contributed by atoms with Gasteiger partial charge in [0.05, 0.1) is 11.3 Å². The van der Waals surface area contributed by atoms with E-state index in [4.69, 9.17) is 0 Å². The van der Waals surface area contributed by atoms with Gasteiger partial charge in [-0.25, -0.2) is 0 Å². The summed E-state index contributed by atoms with van der Waals surface area (Å²) in [6.07, 6.45) is -2.96. The number of pyridine rings is 1. The third kappa shape index (κ3) is 3.76. The minimum atomic E-state index is -4.53. The van der Waals surface area contributed by atoms with Crippen LogP contribution in [-0.4, -0.2) is 20.7 Å². The molecule has 0 aliphatic carbocycles. The number of hydrogen-bond acceptors (Lipinski definition) is 3. The van der Waals surface area contributed by atoms with Crippen LogP contribution in [-0.2, 0) is 13.2 Å². The van der Waals surface area contributed by atoms with E-state index in [-0.39, 0.29) is 11.3 Å². The molecular weight excluding hydrogens is 361 g/mol. The normalized spacial score (nSPS) is 11.4. The molecule has 0 fully saturated rings. The first-order valence-electron chi connectivity index (χ1n) is 7.87. The molecule has 3 rings (SSSR count). The van der Waals surface area contributed by atoms with Crippen LogP contribution in [0.3, 0.4) is 0 Å². The largest absolute Gasteiger partial charge is 0.416 e. The van der Waals surface area contributed by atoms with Gasteiger partial charge in [-0.3, -0.25) is 14.3 Å². The summed E-state index contributed by atoms with van der Waals surface area (Å²) < 4.78 is 40.0. The molecule has 0 saturated heterocycles. The Kier molecular flexibility index (Phi) is 4.61. The van der Waals surface area contributed by atoms with Crippen molar-refractivity contribution in [2.24, 2.45) is 7.05 Å². The third-order valence-corrected chi connectivity index (χ3v) is 4.03. The van der Waals surface area contributed by atoms with Gasteiger partial charge in [-0.2, -0.15) is 18.3 Å². The molecule has 3 aromatic rings. The molecule has 0 saturated carbocycles. The highest BCUT2D eigenvalue weighted by atomic mass is 19.4. The predicted molar refractivity (Wildman–Crippen MR) is 93.4 cm³/mol. The summed E-state index contributed by atoms with van der Waals surface area (Å²) in [6, 6.07) is 7.32. The van der Waals surface area contributed by atoms with E-state index in [9.17, 15) is 22.8 Å². The Hall–Kier alpha value is -3.36. The highest BCUT2D eigenvalue weighted by Crippen LogP contribution is 2.30. The van der Waals surface area contributed by atoms with Gasteiger partial charge in [-0.05, 0) is 37.3 Å². The first kappa shape index (κ1) is 18.4. The molecule has 6 nitrogen and oxygen atoms in total. The Morgan fingerprint density at radius 3 is 2.59 bits per heavy atom. The van der Waals surface area contributed by atoms with Gasteiger partial charge in [0.1, 0.15) is 5.56 Å². The third-order valence-electron chi connectivity index (χ3n) is 4.03. The molecule has 0 radical (unpaired) electrons. The van der Waals surface area contributed by atoms with Crippen molar-refractivity contribution in [1.29, 1.82) is 0 Å². The monoisotopic (exact) mass is 376 g/mol. The molecule has 2 heterocycles. The van der Waals surface area contributed by atoms with Crippen LogP contribution in [0.1, 0.15) is 21.6 Å². The molecule has 2 aromatic heterocycles. The van der Waals surface area contributed by atoms with Crippen molar-refractivity contribution >= 4 is 11.6 Å². The number of anilines is 1. The number of nitrogens with one attached hydrogen (secondary N) is 2. The lowest BCUT2D eigenvalue weighted by atomic mass is 10.1. The SMILES string of the molecule is Cc1[nH]c(=O)c(C(=O)Nc2cccc(C(F)(F)F)c2)cc1-c1ccnn1C. The molecule has 1 aromatic carbocycles. The maximum absolute atomic E-state index is 12.8. The molecule has 27 heavy (non-hydrogen) atoms.